The summed E-state index contributed by atoms with van der Waals surface area (Å²) in [5.74, 6) is 0.213. The van der Waals surface area contributed by atoms with E-state index in [1.807, 2.05) is 19.0 Å². The van der Waals surface area contributed by atoms with Crippen LogP contribution in [0.5, 0.6) is 0 Å². The van der Waals surface area contributed by atoms with E-state index < -0.39 is 7.37 Å². The first-order chi connectivity index (χ1) is 5.69. The van der Waals surface area contributed by atoms with Crippen LogP contribution >= 0.6 is 7.37 Å². The van der Waals surface area contributed by atoms with Gasteiger partial charge in [0.15, 0.2) is 7.37 Å². The lowest BCUT2D eigenvalue weighted by Gasteiger charge is -2.03. The van der Waals surface area contributed by atoms with Crippen molar-refractivity contribution >= 4 is 13.2 Å². The van der Waals surface area contributed by atoms with Crippen LogP contribution in [-0.4, -0.2) is 51.8 Å². The van der Waals surface area contributed by atoms with E-state index in [0.29, 0.717) is 6.54 Å². The molecule has 0 aromatic heterocycles. The van der Waals surface area contributed by atoms with E-state index in [4.69, 9.17) is 0 Å². The number of nitrogens with zero attached hydrogens (tertiary/aromatic N) is 1. The Bertz CT molecular complexity index is 187. The highest BCUT2D eigenvalue weighted by atomic mass is 31.2. The molecule has 0 spiro atoms. The van der Waals surface area contributed by atoms with Crippen LogP contribution in [0.3, 0.4) is 0 Å². The minimum Gasteiger partial charge on any atom is -0.332 e. The van der Waals surface area contributed by atoms with Gasteiger partial charge in [-0.05, 0) is 21.0 Å². The van der Waals surface area contributed by atoms with Gasteiger partial charge in [0.05, 0.1) is 6.54 Å². The molecule has 0 bridgehead atoms. The molecule has 0 aliphatic carbocycles. The molecule has 0 saturated heterocycles. The van der Waals surface area contributed by atoms with E-state index in [2.05, 4.69) is 4.52 Å². The van der Waals surface area contributed by atoms with Crippen molar-refractivity contribution in [2.75, 3.05) is 41.1 Å². The van der Waals surface area contributed by atoms with Gasteiger partial charge >= 0.3 is 0 Å². The van der Waals surface area contributed by atoms with E-state index >= 15 is 0 Å². The zero-order chi connectivity index (χ0) is 11.1. The van der Waals surface area contributed by atoms with Crippen LogP contribution < -0.4 is 0 Å². The van der Waals surface area contributed by atoms with Gasteiger partial charge in [-0.25, -0.2) is 0 Å². The molecule has 0 fully saturated rings. The molecule has 0 atom stereocenters. The number of rotatable bonds is 3. The fourth-order valence-electron chi connectivity index (χ4n) is 0.445. The smallest absolute Gasteiger partial charge is 0.196 e. The second kappa shape index (κ2) is 11.9. The van der Waals surface area contributed by atoms with Gasteiger partial charge in [-0.1, -0.05) is 14.9 Å². The minimum absolute atomic E-state index is 0. The maximum absolute atomic E-state index is 10.4. The molecule has 0 N–H and O–H groups in total. The summed E-state index contributed by atoms with van der Waals surface area (Å²) in [6, 6.07) is 0. The summed E-state index contributed by atoms with van der Waals surface area (Å²) in [5.41, 5.74) is 0. The maximum Gasteiger partial charge on any atom is 0.196 e. The highest BCUT2D eigenvalue weighted by Crippen LogP contribution is 2.35. The first-order valence-electron chi connectivity index (χ1n) is 3.94. The van der Waals surface area contributed by atoms with Crippen molar-refractivity contribution in [1.82, 2.24) is 4.90 Å². The SMILES string of the molecule is C.C.CC(=O)CN(C)C.COP(C)(C)=O. The van der Waals surface area contributed by atoms with Gasteiger partial charge in [0.1, 0.15) is 5.78 Å². The van der Waals surface area contributed by atoms with Gasteiger partial charge in [-0.3, -0.25) is 9.36 Å². The average molecular weight is 241 g/mol. The highest BCUT2D eigenvalue weighted by Gasteiger charge is 1.99. The molecule has 0 aliphatic heterocycles. The number of hydrogen-bond acceptors (Lipinski definition) is 4. The second-order valence-corrected chi connectivity index (χ2v) is 6.24. The lowest BCUT2D eigenvalue weighted by atomic mass is 10.4. The molecule has 0 heterocycles. The van der Waals surface area contributed by atoms with Crippen molar-refractivity contribution in [2.24, 2.45) is 0 Å². The zero-order valence-electron chi connectivity index (χ0n) is 9.33. The van der Waals surface area contributed by atoms with Gasteiger partial charge in [0, 0.05) is 20.4 Å². The molecule has 96 valence electrons. The van der Waals surface area contributed by atoms with Gasteiger partial charge < -0.3 is 9.42 Å². The monoisotopic (exact) mass is 241 g/mol. The van der Waals surface area contributed by atoms with Crippen molar-refractivity contribution in [1.29, 1.82) is 0 Å². The zero-order valence-corrected chi connectivity index (χ0v) is 10.2. The Hall–Kier alpha value is -0.180. The number of Topliss-reactive ketones (excluding diaryl/α,β-unsaturated/α-hetero) is 1. The first-order valence-corrected chi connectivity index (χ1v) is 6.46. The summed E-state index contributed by atoms with van der Waals surface area (Å²) in [5, 5.41) is 0. The molecule has 0 radical (unpaired) electrons. The van der Waals surface area contributed by atoms with E-state index in [9.17, 15) is 9.36 Å². The topological polar surface area (TPSA) is 46.6 Å². The summed E-state index contributed by atoms with van der Waals surface area (Å²) >= 11 is 0. The molecule has 0 saturated carbocycles. The molecular weight excluding hydrogens is 213 g/mol. The standard InChI is InChI=1S/C5H11NO.C3H9O2P.2CH4/c1-5(7)4-6(2)3;1-5-6(2,3)4;;/h4H2,1-3H3;1-3H3;2*1H4. The molecule has 5 heteroatoms. The van der Waals surface area contributed by atoms with Crippen LogP contribution in [0.4, 0.5) is 0 Å². The van der Waals surface area contributed by atoms with E-state index in [1.165, 1.54) is 7.11 Å². The largest absolute Gasteiger partial charge is 0.332 e. The van der Waals surface area contributed by atoms with Crippen molar-refractivity contribution in [3.8, 4) is 0 Å². The van der Waals surface area contributed by atoms with E-state index in [0.717, 1.165) is 0 Å². The summed E-state index contributed by atoms with van der Waals surface area (Å²) in [7, 11) is 3.05. The Morgan fingerprint density at radius 3 is 1.53 bits per heavy atom. The normalized spacial score (nSPS) is 9.27. The highest BCUT2D eigenvalue weighted by molar-refractivity contribution is 7.57. The van der Waals surface area contributed by atoms with Crippen LogP contribution in [0, 0.1) is 0 Å². The lowest BCUT2D eigenvalue weighted by molar-refractivity contribution is -0.117. The van der Waals surface area contributed by atoms with Crippen molar-refractivity contribution in [3.05, 3.63) is 0 Å². The van der Waals surface area contributed by atoms with Gasteiger partial charge in [0.2, 0.25) is 0 Å². The summed E-state index contributed by atoms with van der Waals surface area (Å²) < 4.78 is 14.9. The molecule has 0 amide bonds. The van der Waals surface area contributed by atoms with Gasteiger partial charge in [0.25, 0.3) is 0 Å². The van der Waals surface area contributed by atoms with Crippen LogP contribution in [0.1, 0.15) is 21.8 Å². The molecule has 15 heavy (non-hydrogen) atoms. The first kappa shape index (κ1) is 24.2. The van der Waals surface area contributed by atoms with Gasteiger partial charge in [-0.2, -0.15) is 0 Å². The Labute approximate surface area is 95.5 Å². The number of ketones is 1. The van der Waals surface area contributed by atoms with Crippen LogP contribution in [0.25, 0.3) is 0 Å². The number of likely N-dealkylation sites (N-methyl/N-ethyl adjacent to an activating group) is 1. The van der Waals surface area contributed by atoms with Crippen LogP contribution in [-0.2, 0) is 13.9 Å². The second-order valence-electron chi connectivity index (χ2n) is 3.37. The van der Waals surface area contributed by atoms with Crippen molar-refractivity contribution in [3.63, 3.8) is 0 Å². The number of carbonyl (C=O) groups excluding carboxylic acids is 1. The Morgan fingerprint density at radius 1 is 1.27 bits per heavy atom. The molecule has 0 aliphatic rings. The molecule has 0 unspecified atom stereocenters. The number of hydrogen-bond donors (Lipinski definition) is 0. The predicted molar refractivity (Wildman–Crippen MR) is 69.2 cm³/mol. The lowest BCUT2D eigenvalue weighted by Crippen LogP contribution is -2.18. The van der Waals surface area contributed by atoms with Crippen molar-refractivity contribution < 1.29 is 13.9 Å². The molecular formula is C10H28NO3P. The third kappa shape index (κ3) is 41.5. The van der Waals surface area contributed by atoms with E-state index in [1.54, 1.807) is 20.3 Å². The summed E-state index contributed by atoms with van der Waals surface area (Å²) in [4.78, 5) is 12.1. The summed E-state index contributed by atoms with van der Waals surface area (Å²) in [6.45, 7) is 5.29. The fourth-order valence-corrected chi connectivity index (χ4v) is 0.445. The van der Waals surface area contributed by atoms with Crippen LogP contribution in [0.2, 0.25) is 0 Å². The molecule has 4 nitrogen and oxygen atoms in total. The summed E-state index contributed by atoms with van der Waals surface area (Å²) in [6.07, 6.45) is 0. The predicted octanol–water partition coefficient (Wildman–Crippen LogP) is 2.58. The van der Waals surface area contributed by atoms with Crippen molar-refractivity contribution in [2.45, 2.75) is 21.8 Å². The minimum atomic E-state index is -2.15. The molecule has 0 rings (SSSR count). The van der Waals surface area contributed by atoms with Gasteiger partial charge in [-0.15, -0.1) is 0 Å². The third-order valence-corrected chi connectivity index (χ3v) is 1.86. The van der Waals surface area contributed by atoms with Crippen LogP contribution in [0.15, 0.2) is 0 Å². The maximum atomic E-state index is 10.4. The Kier molecular flexibility index (Phi) is 19.2. The third-order valence-electron chi connectivity index (χ3n) is 0.979. The molecule has 0 aromatic rings. The average Bonchev–Trinajstić information content (AvgIpc) is 1.84. The Balaban J connectivity index is -0.0000000718. The number of carbonyl (C=O) groups is 1. The van der Waals surface area contributed by atoms with E-state index in [-0.39, 0.29) is 20.6 Å². The quantitative estimate of drug-likeness (QED) is 0.712. The fraction of sp³-hybridized carbons (Fsp3) is 0.900. The molecule has 0 aromatic carbocycles. The Morgan fingerprint density at radius 2 is 1.53 bits per heavy atom.